The minimum Gasteiger partial charge on any atom is -0.496 e. The molecule has 26 heavy (non-hydrogen) atoms. The Morgan fingerprint density at radius 2 is 1.50 bits per heavy atom. The number of nitrogens with one attached hydrogen (secondary N) is 2. The van der Waals surface area contributed by atoms with Crippen LogP contribution in [0.2, 0.25) is 0 Å². The van der Waals surface area contributed by atoms with Crippen LogP contribution in [0.15, 0.2) is 18.2 Å². The van der Waals surface area contributed by atoms with Gasteiger partial charge in [-0.2, -0.15) is 0 Å². The molecule has 0 atom stereocenters. The second-order valence-corrected chi connectivity index (χ2v) is 6.52. The highest BCUT2D eigenvalue weighted by Crippen LogP contribution is 2.34. The van der Waals surface area contributed by atoms with Gasteiger partial charge in [-0.1, -0.05) is 6.92 Å². The number of rotatable bonds is 6. The highest BCUT2D eigenvalue weighted by molar-refractivity contribution is 7.14. The molecule has 0 saturated carbocycles. The zero-order chi connectivity index (χ0) is 19.3. The lowest BCUT2D eigenvalue weighted by molar-refractivity contribution is 0.0847. The standard InChI is InChI=1S/C18H22N2O5S/c1-6-15-10(2)7-16(26-15)18(22)20-19-17(21)11-8-13(24-4)14(25-5)9-12(11)23-3/h7-9H,6H2,1-5H3,(H,19,21)(H,20,22). The molecule has 2 aromatic rings. The maximum atomic E-state index is 12.5. The molecule has 0 radical (unpaired) electrons. The fourth-order valence-electron chi connectivity index (χ4n) is 2.43. The molecule has 1 aromatic carbocycles. The Hall–Kier alpha value is -2.74. The van der Waals surface area contributed by atoms with Gasteiger partial charge in [-0.05, 0) is 25.0 Å². The first-order valence-electron chi connectivity index (χ1n) is 7.95. The van der Waals surface area contributed by atoms with Gasteiger partial charge in [0.05, 0.1) is 31.8 Å². The fraction of sp³-hybridized carbons (Fsp3) is 0.333. The van der Waals surface area contributed by atoms with Gasteiger partial charge in [0, 0.05) is 17.0 Å². The van der Waals surface area contributed by atoms with Crippen LogP contribution < -0.4 is 25.1 Å². The number of methoxy groups -OCH3 is 3. The number of hydrogen-bond donors (Lipinski definition) is 2. The molecular weight excluding hydrogens is 356 g/mol. The second-order valence-electron chi connectivity index (χ2n) is 5.39. The zero-order valence-electron chi connectivity index (χ0n) is 15.4. The number of benzene rings is 1. The van der Waals surface area contributed by atoms with Gasteiger partial charge in [0.15, 0.2) is 11.5 Å². The van der Waals surface area contributed by atoms with E-state index in [-0.39, 0.29) is 11.5 Å². The van der Waals surface area contributed by atoms with Crippen LogP contribution in [0.1, 0.15) is 37.4 Å². The van der Waals surface area contributed by atoms with Crippen molar-refractivity contribution < 1.29 is 23.8 Å². The maximum Gasteiger partial charge on any atom is 0.279 e. The van der Waals surface area contributed by atoms with E-state index >= 15 is 0 Å². The first-order chi connectivity index (χ1) is 12.4. The number of carbonyl (C=O) groups is 2. The normalized spacial score (nSPS) is 10.2. The summed E-state index contributed by atoms with van der Waals surface area (Å²) in [6.07, 6.45) is 0.860. The Morgan fingerprint density at radius 3 is 2.04 bits per heavy atom. The zero-order valence-corrected chi connectivity index (χ0v) is 16.2. The summed E-state index contributed by atoms with van der Waals surface area (Å²) in [5, 5.41) is 0. The van der Waals surface area contributed by atoms with Crippen molar-refractivity contribution in [1.29, 1.82) is 0 Å². The highest BCUT2D eigenvalue weighted by Gasteiger charge is 2.19. The maximum absolute atomic E-state index is 12.5. The average molecular weight is 378 g/mol. The Labute approximate surface area is 156 Å². The summed E-state index contributed by atoms with van der Waals surface area (Å²) < 4.78 is 15.6. The second kappa shape index (κ2) is 8.57. The van der Waals surface area contributed by atoms with E-state index in [1.54, 1.807) is 6.07 Å². The first-order valence-corrected chi connectivity index (χ1v) is 8.76. The minimum absolute atomic E-state index is 0.210. The van der Waals surface area contributed by atoms with Crippen LogP contribution in [0, 0.1) is 6.92 Å². The predicted molar refractivity (Wildman–Crippen MR) is 99.5 cm³/mol. The quantitative estimate of drug-likeness (QED) is 0.755. The number of carbonyl (C=O) groups excluding carboxylic acids is 2. The van der Waals surface area contributed by atoms with E-state index in [1.807, 2.05) is 19.9 Å². The van der Waals surface area contributed by atoms with Gasteiger partial charge in [-0.3, -0.25) is 20.4 Å². The molecule has 0 spiro atoms. The van der Waals surface area contributed by atoms with Gasteiger partial charge in [-0.15, -0.1) is 11.3 Å². The van der Waals surface area contributed by atoms with Crippen molar-refractivity contribution in [2.75, 3.05) is 21.3 Å². The van der Waals surface area contributed by atoms with Crippen LogP contribution in [0.25, 0.3) is 0 Å². The van der Waals surface area contributed by atoms with E-state index < -0.39 is 5.91 Å². The molecule has 0 bridgehead atoms. The van der Waals surface area contributed by atoms with E-state index in [0.717, 1.165) is 16.9 Å². The molecule has 1 aromatic heterocycles. The molecule has 0 aliphatic carbocycles. The lowest BCUT2D eigenvalue weighted by Crippen LogP contribution is -2.41. The Bertz CT molecular complexity index is 816. The van der Waals surface area contributed by atoms with Crippen molar-refractivity contribution in [2.45, 2.75) is 20.3 Å². The van der Waals surface area contributed by atoms with Gasteiger partial charge in [0.1, 0.15) is 5.75 Å². The van der Waals surface area contributed by atoms with Gasteiger partial charge < -0.3 is 14.2 Å². The van der Waals surface area contributed by atoms with Crippen LogP contribution in [0.5, 0.6) is 17.2 Å². The summed E-state index contributed by atoms with van der Waals surface area (Å²) in [4.78, 5) is 26.4. The van der Waals surface area contributed by atoms with Crippen LogP contribution >= 0.6 is 11.3 Å². The molecule has 1 heterocycles. The SMILES string of the molecule is CCc1sc(C(=O)NNC(=O)c2cc(OC)c(OC)cc2OC)cc1C. The van der Waals surface area contributed by atoms with Crippen molar-refractivity contribution in [3.63, 3.8) is 0 Å². The van der Waals surface area contributed by atoms with E-state index in [9.17, 15) is 9.59 Å². The van der Waals surface area contributed by atoms with Crippen molar-refractivity contribution in [3.05, 3.63) is 39.1 Å². The summed E-state index contributed by atoms with van der Waals surface area (Å²) in [7, 11) is 4.40. The highest BCUT2D eigenvalue weighted by atomic mass is 32.1. The van der Waals surface area contributed by atoms with Crippen LogP contribution in [0.4, 0.5) is 0 Å². The van der Waals surface area contributed by atoms with Crippen molar-refractivity contribution >= 4 is 23.2 Å². The van der Waals surface area contributed by atoms with E-state index in [2.05, 4.69) is 10.9 Å². The Balaban J connectivity index is 2.15. The predicted octanol–water partition coefficient (Wildman–Crippen LogP) is 2.72. The number of thiophene rings is 1. The molecule has 2 amide bonds. The molecule has 0 saturated heterocycles. The Kier molecular flexibility index (Phi) is 6.46. The monoisotopic (exact) mass is 378 g/mol. The molecule has 2 N–H and O–H groups in total. The molecule has 8 heteroatoms. The van der Waals surface area contributed by atoms with E-state index in [0.29, 0.717) is 22.1 Å². The van der Waals surface area contributed by atoms with Crippen LogP contribution in [-0.4, -0.2) is 33.1 Å². The summed E-state index contributed by atoms with van der Waals surface area (Å²) in [5.74, 6) is 0.220. The molecule has 0 aliphatic heterocycles. The van der Waals surface area contributed by atoms with Crippen molar-refractivity contribution in [1.82, 2.24) is 10.9 Å². The summed E-state index contributed by atoms with van der Waals surface area (Å²) in [6.45, 7) is 3.99. The fourth-order valence-corrected chi connectivity index (χ4v) is 3.44. The van der Waals surface area contributed by atoms with E-state index in [1.165, 1.54) is 38.7 Å². The van der Waals surface area contributed by atoms with Crippen molar-refractivity contribution in [3.8, 4) is 17.2 Å². The largest absolute Gasteiger partial charge is 0.496 e. The van der Waals surface area contributed by atoms with E-state index in [4.69, 9.17) is 14.2 Å². The number of hydrogen-bond acceptors (Lipinski definition) is 6. The third-order valence-electron chi connectivity index (χ3n) is 3.81. The molecule has 0 aliphatic rings. The molecular formula is C18H22N2O5S. The van der Waals surface area contributed by atoms with Gasteiger partial charge in [-0.25, -0.2) is 0 Å². The number of hydrazine groups is 1. The smallest absolute Gasteiger partial charge is 0.279 e. The molecule has 140 valence electrons. The molecule has 0 unspecified atom stereocenters. The van der Waals surface area contributed by atoms with Crippen LogP contribution in [-0.2, 0) is 6.42 Å². The lowest BCUT2D eigenvalue weighted by atomic mass is 10.1. The van der Waals surface area contributed by atoms with Crippen molar-refractivity contribution in [2.24, 2.45) is 0 Å². The topological polar surface area (TPSA) is 85.9 Å². The lowest BCUT2D eigenvalue weighted by Gasteiger charge is -2.14. The third-order valence-corrected chi connectivity index (χ3v) is 5.19. The molecule has 7 nitrogen and oxygen atoms in total. The molecule has 2 rings (SSSR count). The average Bonchev–Trinajstić information content (AvgIpc) is 3.05. The summed E-state index contributed by atoms with van der Waals surface area (Å²) in [5.41, 5.74) is 6.10. The molecule has 0 fully saturated rings. The first kappa shape index (κ1) is 19.6. The Morgan fingerprint density at radius 1 is 0.923 bits per heavy atom. The summed E-state index contributed by atoms with van der Waals surface area (Å²) >= 11 is 1.41. The van der Waals surface area contributed by atoms with Gasteiger partial charge in [0.25, 0.3) is 11.8 Å². The number of aryl methyl sites for hydroxylation is 2. The third kappa shape index (κ3) is 4.08. The van der Waals surface area contributed by atoms with Crippen LogP contribution in [0.3, 0.4) is 0 Å². The number of amides is 2. The summed E-state index contributed by atoms with van der Waals surface area (Å²) in [6, 6.07) is 4.84. The van der Waals surface area contributed by atoms with Gasteiger partial charge >= 0.3 is 0 Å². The van der Waals surface area contributed by atoms with Gasteiger partial charge in [0.2, 0.25) is 0 Å². The number of ether oxygens (including phenoxy) is 3. The minimum atomic E-state index is -0.528.